The molecule has 0 bridgehead atoms. The molecule has 98 valence electrons. The van der Waals surface area contributed by atoms with E-state index in [4.69, 9.17) is 0 Å². The highest BCUT2D eigenvalue weighted by atomic mass is 16.1. The molecule has 1 aromatic heterocycles. The normalized spacial score (nSPS) is 15.9. The smallest absolute Gasteiger partial charge is 0.270 e. The minimum absolute atomic E-state index is 0.101. The van der Waals surface area contributed by atoms with E-state index in [0.29, 0.717) is 17.7 Å². The highest BCUT2D eigenvalue weighted by molar-refractivity contribution is 5.92. The van der Waals surface area contributed by atoms with Gasteiger partial charge in [-0.25, -0.2) is 9.97 Å². The van der Waals surface area contributed by atoms with Crippen LogP contribution in [0.2, 0.25) is 0 Å². The predicted octanol–water partition coefficient (Wildman–Crippen LogP) is 1.97. The van der Waals surface area contributed by atoms with Gasteiger partial charge in [-0.15, -0.1) is 0 Å². The number of nitrogens with zero attached hydrogens (tertiary/aromatic N) is 2. The number of hydrogen-bond donors (Lipinski definition) is 2. The van der Waals surface area contributed by atoms with Crippen LogP contribution in [0.25, 0.3) is 0 Å². The van der Waals surface area contributed by atoms with Crippen molar-refractivity contribution < 1.29 is 4.79 Å². The molecule has 0 aliphatic heterocycles. The number of hydrogen-bond acceptors (Lipinski definition) is 4. The van der Waals surface area contributed by atoms with Gasteiger partial charge in [-0.1, -0.05) is 12.8 Å². The van der Waals surface area contributed by atoms with Crippen molar-refractivity contribution >= 4 is 11.9 Å². The molecule has 0 aromatic carbocycles. The average Bonchev–Trinajstić information content (AvgIpc) is 2.81. The minimum Gasteiger partial charge on any atom is -0.352 e. The topological polar surface area (TPSA) is 66.9 Å². The Morgan fingerprint density at radius 3 is 2.78 bits per heavy atom. The summed E-state index contributed by atoms with van der Waals surface area (Å²) in [5.41, 5.74) is 0.431. The molecule has 2 rings (SSSR count). The Morgan fingerprint density at radius 1 is 1.39 bits per heavy atom. The van der Waals surface area contributed by atoms with Crippen molar-refractivity contribution in [1.29, 1.82) is 0 Å². The van der Waals surface area contributed by atoms with Crippen LogP contribution in [0.3, 0.4) is 0 Å². The van der Waals surface area contributed by atoms with Crippen molar-refractivity contribution in [3.8, 4) is 0 Å². The third-order valence-corrected chi connectivity index (χ3v) is 3.00. The molecule has 0 radical (unpaired) electrons. The Hall–Kier alpha value is -1.65. The van der Waals surface area contributed by atoms with Gasteiger partial charge < -0.3 is 10.6 Å². The fourth-order valence-electron chi connectivity index (χ4n) is 2.14. The molecule has 1 amide bonds. The second-order valence-electron chi connectivity index (χ2n) is 5.02. The first-order valence-corrected chi connectivity index (χ1v) is 6.55. The Balaban J connectivity index is 2.00. The quantitative estimate of drug-likeness (QED) is 0.855. The monoisotopic (exact) mass is 248 g/mol. The molecule has 2 N–H and O–H groups in total. The molecule has 5 nitrogen and oxygen atoms in total. The summed E-state index contributed by atoms with van der Waals surface area (Å²) in [5.74, 6) is 0.403. The van der Waals surface area contributed by atoms with Gasteiger partial charge in [0.15, 0.2) is 0 Å². The molecule has 0 saturated heterocycles. The van der Waals surface area contributed by atoms with Crippen molar-refractivity contribution in [3.05, 3.63) is 18.0 Å². The van der Waals surface area contributed by atoms with Crippen molar-refractivity contribution in [1.82, 2.24) is 15.3 Å². The van der Waals surface area contributed by atoms with Crippen LogP contribution in [0.5, 0.6) is 0 Å². The maximum atomic E-state index is 12.0. The number of anilines is 1. The highest BCUT2D eigenvalue weighted by Crippen LogP contribution is 2.18. The zero-order valence-electron chi connectivity index (χ0n) is 10.9. The number of aromatic nitrogens is 2. The van der Waals surface area contributed by atoms with E-state index in [1.54, 1.807) is 12.3 Å². The van der Waals surface area contributed by atoms with Crippen LogP contribution in [0.1, 0.15) is 50.0 Å². The molecule has 0 atom stereocenters. The van der Waals surface area contributed by atoms with E-state index >= 15 is 0 Å². The van der Waals surface area contributed by atoms with Crippen LogP contribution in [0.15, 0.2) is 12.3 Å². The van der Waals surface area contributed by atoms with Gasteiger partial charge in [0, 0.05) is 18.3 Å². The van der Waals surface area contributed by atoms with Crippen LogP contribution in [-0.2, 0) is 0 Å². The molecule has 1 heterocycles. The molecule has 1 aliphatic rings. The minimum atomic E-state index is -0.101. The van der Waals surface area contributed by atoms with E-state index in [1.807, 2.05) is 13.8 Å². The lowest BCUT2D eigenvalue weighted by Gasteiger charge is -2.12. The van der Waals surface area contributed by atoms with Crippen molar-refractivity contribution in [2.24, 2.45) is 0 Å². The second-order valence-corrected chi connectivity index (χ2v) is 5.02. The summed E-state index contributed by atoms with van der Waals surface area (Å²) < 4.78 is 0. The van der Waals surface area contributed by atoms with Crippen molar-refractivity contribution in [2.45, 2.75) is 51.6 Å². The van der Waals surface area contributed by atoms with Crippen LogP contribution < -0.4 is 10.6 Å². The number of amides is 1. The molecule has 1 saturated carbocycles. The van der Waals surface area contributed by atoms with E-state index in [0.717, 1.165) is 12.8 Å². The molecular weight excluding hydrogens is 228 g/mol. The fraction of sp³-hybridized carbons (Fsp3) is 0.615. The Kier molecular flexibility index (Phi) is 4.12. The first-order valence-electron chi connectivity index (χ1n) is 6.55. The SMILES string of the molecule is CC(C)Nc1nccc(C(=O)NC2CCCC2)n1. The zero-order valence-corrected chi connectivity index (χ0v) is 10.9. The lowest BCUT2D eigenvalue weighted by molar-refractivity contribution is 0.0933. The molecule has 0 unspecified atom stereocenters. The van der Waals surface area contributed by atoms with E-state index in [-0.39, 0.29) is 11.9 Å². The molecule has 0 spiro atoms. The first-order chi connectivity index (χ1) is 8.65. The van der Waals surface area contributed by atoms with Gasteiger partial charge in [0.05, 0.1) is 0 Å². The second kappa shape index (κ2) is 5.80. The highest BCUT2D eigenvalue weighted by Gasteiger charge is 2.18. The van der Waals surface area contributed by atoms with E-state index in [1.165, 1.54) is 12.8 Å². The maximum absolute atomic E-state index is 12.0. The molecule has 5 heteroatoms. The van der Waals surface area contributed by atoms with Gasteiger partial charge >= 0.3 is 0 Å². The molecule has 1 aromatic rings. The third-order valence-electron chi connectivity index (χ3n) is 3.00. The zero-order chi connectivity index (χ0) is 13.0. The molecular formula is C13H20N4O. The molecule has 18 heavy (non-hydrogen) atoms. The Morgan fingerprint density at radius 2 is 2.11 bits per heavy atom. The van der Waals surface area contributed by atoms with Crippen molar-refractivity contribution in [2.75, 3.05) is 5.32 Å². The van der Waals surface area contributed by atoms with Gasteiger partial charge in [-0.05, 0) is 32.8 Å². The van der Waals surface area contributed by atoms with Crippen LogP contribution in [-0.4, -0.2) is 28.0 Å². The average molecular weight is 248 g/mol. The Bertz CT molecular complexity index is 413. The third kappa shape index (κ3) is 3.42. The van der Waals surface area contributed by atoms with Gasteiger partial charge in [0.25, 0.3) is 5.91 Å². The lowest BCUT2D eigenvalue weighted by Crippen LogP contribution is -2.33. The molecule has 1 fully saturated rings. The summed E-state index contributed by atoms with van der Waals surface area (Å²) >= 11 is 0. The summed E-state index contributed by atoms with van der Waals surface area (Å²) in [7, 11) is 0. The molecule has 1 aliphatic carbocycles. The number of rotatable bonds is 4. The lowest BCUT2D eigenvalue weighted by atomic mass is 10.2. The summed E-state index contributed by atoms with van der Waals surface area (Å²) in [6, 6.07) is 2.21. The summed E-state index contributed by atoms with van der Waals surface area (Å²) in [6.07, 6.45) is 6.17. The fourth-order valence-corrected chi connectivity index (χ4v) is 2.14. The largest absolute Gasteiger partial charge is 0.352 e. The van der Waals surface area contributed by atoms with Gasteiger partial charge in [-0.3, -0.25) is 4.79 Å². The van der Waals surface area contributed by atoms with Gasteiger partial charge in [0.1, 0.15) is 5.69 Å². The summed E-state index contributed by atoms with van der Waals surface area (Å²) in [5, 5.41) is 6.11. The Labute approximate surface area is 107 Å². The number of nitrogens with one attached hydrogen (secondary N) is 2. The summed E-state index contributed by atoms with van der Waals surface area (Å²) in [6.45, 7) is 4.02. The first kappa shape index (κ1) is 12.8. The standard InChI is InChI=1S/C13H20N4O/c1-9(2)15-13-14-8-7-11(17-13)12(18)16-10-5-3-4-6-10/h7-10H,3-6H2,1-2H3,(H,16,18)(H,14,15,17). The van der Waals surface area contributed by atoms with Gasteiger partial charge in [-0.2, -0.15) is 0 Å². The van der Waals surface area contributed by atoms with Crippen LogP contribution in [0.4, 0.5) is 5.95 Å². The van der Waals surface area contributed by atoms with Crippen molar-refractivity contribution in [3.63, 3.8) is 0 Å². The van der Waals surface area contributed by atoms with E-state index in [9.17, 15) is 4.79 Å². The number of carbonyl (C=O) groups excluding carboxylic acids is 1. The maximum Gasteiger partial charge on any atom is 0.270 e. The van der Waals surface area contributed by atoms with E-state index in [2.05, 4.69) is 20.6 Å². The van der Waals surface area contributed by atoms with Crippen LogP contribution in [0, 0.1) is 0 Å². The van der Waals surface area contributed by atoms with E-state index < -0.39 is 0 Å². The summed E-state index contributed by atoms with van der Waals surface area (Å²) in [4.78, 5) is 20.3. The number of carbonyl (C=O) groups is 1. The predicted molar refractivity (Wildman–Crippen MR) is 70.5 cm³/mol. The van der Waals surface area contributed by atoms with Crippen LogP contribution >= 0.6 is 0 Å². The van der Waals surface area contributed by atoms with Gasteiger partial charge in [0.2, 0.25) is 5.95 Å².